The number of halogens is 4. The maximum absolute atomic E-state index is 13.3. The van der Waals surface area contributed by atoms with Gasteiger partial charge < -0.3 is 4.74 Å². The lowest BCUT2D eigenvalue weighted by Gasteiger charge is -2.06. The van der Waals surface area contributed by atoms with Crippen molar-refractivity contribution in [2.45, 2.75) is 0 Å². The number of carbonyl (C=O) groups excluding carboxylic acids is 1. The van der Waals surface area contributed by atoms with Crippen molar-refractivity contribution < 1.29 is 18.3 Å². The fourth-order valence-corrected chi connectivity index (χ4v) is 4.20. The van der Waals surface area contributed by atoms with Crippen LogP contribution in [-0.4, -0.2) is 12.4 Å². The molecule has 0 N–H and O–H groups in total. The van der Waals surface area contributed by atoms with Crippen molar-refractivity contribution in [2.24, 2.45) is 0 Å². The van der Waals surface area contributed by atoms with Gasteiger partial charge in [-0.25, -0.2) is 8.78 Å². The molecule has 0 bridgehead atoms. The molecular formula is C12H6Br2F2O2S. The average Bonchev–Trinajstić information content (AvgIpc) is 2.67. The number of hydrogen-bond acceptors (Lipinski definition) is 3. The van der Waals surface area contributed by atoms with Gasteiger partial charge in [0, 0.05) is 11.6 Å². The van der Waals surface area contributed by atoms with Crippen LogP contribution >= 0.6 is 43.2 Å². The Bertz CT molecular complexity index is 628. The molecule has 7 heteroatoms. The largest absolute Gasteiger partial charge is 0.482 e. The van der Waals surface area contributed by atoms with E-state index in [9.17, 15) is 13.6 Å². The minimum atomic E-state index is -0.835. The predicted molar refractivity (Wildman–Crippen MR) is 75.9 cm³/mol. The Labute approximate surface area is 128 Å². The third-order valence-electron chi connectivity index (χ3n) is 2.21. The first kappa shape index (κ1) is 14.6. The van der Waals surface area contributed by atoms with E-state index in [-0.39, 0.29) is 18.1 Å². The van der Waals surface area contributed by atoms with Crippen molar-refractivity contribution in [3.05, 3.63) is 49.0 Å². The quantitative estimate of drug-likeness (QED) is 0.674. The summed E-state index contributed by atoms with van der Waals surface area (Å²) in [5.74, 6) is -1.98. The second-order valence-electron chi connectivity index (χ2n) is 3.52. The van der Waals surface area contributed by atoms with E-state index in [1.54, 1.807) is 6.07 Å². The molecule has 0 aliphatic heterocycles. The Morgan fingerprint density at radius 2 is 2.00 bits per heavy atom. The highest BCUT2D eigenvalue weighted by Gasteiger charge is 2.15. The van der Waals surface area contributed by atoms with Gasteiger partial charge in [0.1, 0.15) is 5.82 Å². The summed E-state index contributed by atoms with van der Waals surface area (Å²) in [6, 6.07) is 4.58. The highest BCUT2D eigenvalue weighted by molar-refractivity contribution is 9.12. The van der Waals surface area contributed by atoms with Gasteiger partial charge in [-0.2, -0.15) is 0 Å². The number of benzene rings is 1. The van der Waals surface area contributed by atoms with Crippen molar-refractivity contribution in [2.75, 3.05) is 6.61 Å². The number of carbonyl (C=O) groups is 1. The Kier molecular flexibility index (Phi) is 4.70. The van der Waals surface area contributed by atoms with Crippen LogP contribution in [0.4, 0.5) is 8.78 Å². The van der Waals surface area contributed by atoms with Crippen LogP contribution in [0.1, 0.15) is 10.4 Å². The highest BCUT2D eigenvalue weighted by Crippen LogP contribution is 2.32. The van der Waals surface area contributed by atoms with Gasteiger partial charge in [0.25, 0.3) is 0 Å². The lowest BCUT2D eigenvalue weighted by molar-refractivity contribution is 0.0918. The molecule has 1 aromatic heterocycles. The van der Waals surface area contributed by atoms with E-state index in [2.05, 4.69) is 31.9 Å². The summed E-state index contributed by atoms with van der Waals surface area (Å²) in [7, 11) is 0. The molecule has 2 aromatic rings. The van der Waals surface area contributed by atoms with Crippen LogP contribution in [0.5, 0.6) is 5.75 Å². The molecule has 0 radical (unpaired) electrons. The average molecular weight is 412 g/mol. The van der Waals surface area contributed by atoms with Gasteiger partial charge in [-0.05, 0) is 50.1 Å². The van der Waals surface area contributed by atoms with Crippen LogP contribution in [0.15, 0.2) is 31.8 Å². The lowest BCUT2D eigenvalue weighted by Crippen LogP contribution is -2.12. The molecule has 2 nitrogen and oxygen atoms in total. The molecular weight excluding hydrogens is 406 g/mol. The lowest BCUT2D eigenvalue weighted by atomic mass is 10.2. The van der Waals surface area contributed by atoms with E-state index in [1.807, 2.05) is 0 Å². The minimum absolute atomic E-state index is 0.153. The topological polar surface area (TPSA) is 26.3 Å². The third-order valence-corrected chi connectivity index (χ3v) is 4.55. The van der Waals surface area contributed by atoms with Crippen LogP contribution in [0, 0.1) is 11.6 Å². The van der Waals surface area contributed by atoms with Gasteiger partial charge in [-0.1, -0.05) is 0 Å². The number of rotatable bonds is 4. The van der Waals surface area contributed by atoms with Crippen molar-refractivity contribution >= 4 is 49.0 Å². The molecule has 1 heterocycles. The summed E-state index contributed by atoms with van der Waals surface area (Å²) in [5, 5.41) is 0. The maximum Gasteiger partial charge on any atom is 0.202 e. The zero-order chi connectivity index (χ0) is 14.0. The molecule has 0 aliphatic rings. The summed E-state index contributed by atoms with van der Waals surface area (Å²) in [4.78, 5) is 11.9. The molecule has 1 aromatic carbocycles. The van der Waals surface area contributed by atoms with E-state index in [1.165, 1.54) is 11.3 Å². The maximum atomic E-state index is 13.3. The third kappa shape index (κ3) is 3.61. The van der Waals surface area contributed by atoms with Crippen LogP contribution in [-0.2, 0) is 0 Å². The van der Waals surface area contributed by atoms with Gasteiger partial charge in [0.15, 0.2) is 18.2 Å². The predicted octanol–water partition coefficient (Wildman–Crippen LogP) is 4.81. The van der Waals surface area contributed by atoms with Crippen LogP contribution in [0.2, 0.25) is 0 Å². The van der Waals surface area contributed by atoms with Crippen LogP contribution < -0.4 is 4.74 Å². The minimum Gasteiger partial charge on any atom is -0.482 e. The molecule has 0 spiro atoms. The van der Waals surface area contributed by atoms with Crippen molar-refractivity contribution in [1.82, 2.24) is 0 Å². The van der Waals surface area contributed by atoms with Gasteiger partial charge >= 0.3 is 0 Å². The number of Topliss-reactive ketones (excluding diaryl/α,β-unsaturated/α-hetero) is 1. The van der Waals surface area contributed by atoms with Crippen molar-refractivity contribution in [3.63, 3.8) is 0 Å². The molecule has 100 valence electrons. The van der Waals surface area contributed by atoms with Crippen molar-refractivity contribution in [3.8, 4) is 5.75 Å². The summed E-state index contributed by atoms with van der Waals surface area (Å²) >= 11 is 7.87. The Hall–Kier alpha value is -0.790. The monoisotopic (exact) mass is 410 g/mol. The van der Waals surface area contributed by atoms with E-state index in [0.29, 0.717) is 15.4 Å². The molecule has 0 unspecified atom stereocenters. The van der Waals surface area contributed by atoms with Crippen molar-refractivity contribution in [1.29, 1.82) is 0 Å². The smallest absolute Gasteiger partial charge is 0.202 e. The normalized spacial score (nSPS) is 10.5. The van der Waals surface area contributed by atoms with Gasteiger partial charge in [0.2, 0.25) is 5.78 Å². The Morgan fingerprint density at radius 1 is 1.26 bits per heavy atom. The van der Waals surface area contributed by atoms with E-state index in [0.717, 1.165) is 15.9 Å². The fourth-order valence-electron chi connectivity index (χ4n) is 1.34. The zero-order valence-electron chi connectivity index (χ0n) is 9.25. The number of ketones is 1. The number of hydrogen-bond donors (Lipinski definition) is 0. The highest BCUT2D eigenvalue weighted by atomic mass is 79.9. The summed E-state index contributed by atoms with van der Waals surface area (Å²) < 4.78 is 32.5. The van der Waals surface area contributed by atoms with E-state index < -0.39 is 11.6 Å². The van der Waals surface area contributed by atoms with Crippen LogP contribution in [0.25, 0.3) is 0 Å². The number of ether oxygens (including phenoxy) is 1. The second-order valence-corrected chi connectivity index (χ2v) is 7.27. The first-order valence-corrected chi connectivity index (χ1v) is 7.43. The summed E-state index contributed by atoms with van der Waals surface area (Å²) in [5.41, 5.74) is 0.458. The van der Waals surface area contributed by atoms with Gasteiger partial charge in [-0.3, -0.25) is 4.79 Å². The second kappa shape index (κ2) is 6.11. The van der Waals surface area contributed by atoms with Gasteiger partial charge in [-0.15, -0.1) is 11.3 Å². The molecule has 0 amide bonds. The molecule has 0 saturated carbocycles. The summed E-state index contributed by atoms with van der Waals surface area (Å²) in [6.45, 7) is -0.315. The summed E-state index contributed by atoms with van der Waals surface area (Å²) in [6.07, 6.45) is 0. The Balaban J connectivity index is 2.06. The first-order valence-electron chi connectivity index (χ1n) is 5.03. The molecule has 0 saturated heterocycles. The molecule has 19 heavy (non-hydrogen) atoms. The van der Waals surface area contributed by atoms with E-state index in [4.69, 9.17) is 4.74 Å². The van der Waals surface area contributed by atoms with Crippen LogP contribution in [0.3, 0.4) is 0 Å². The van der Waals surface area contributed by atoms with E-state index >= 15 is 0 Å². The van der Waals surface area contributed by atoms with Gasteiger partial charge in [0.05, 0.1) is 7.57 Å². The Morgan fingerprint density at radius 3 is 2.58 bits per heavy atom. The first-order chi connectivity index (χ1) is 8.97. The zero-order valence-corrected chi connectivity index (χ0v) is 13.2. The molecule has 0 aliphatic carbocycles. The standard InChI is InChI=1S/C12H6Br2F2O2S/c13-11-4-7(12(14)19-11)9(17)5-18-10-2-1-6(15)3-8(10)16/h1-4H,5H2. The number of thiophene rings is 1. The molecule has 2 rings (SSSR count). The SMILES string of the molecule is O=C(COc1ccc(F)cc1F)c1cc(Br)sc1Br. The molecule has 0 atom stereocenters. The molecule has 0 fully saturated rings. The fraction of sp³-hybridized carbons (Fsp3) is 0.0833.